The second-order valence-electron chi connectivity index (χ2n) is 1.21. The third kappa shape index (κ3) is 1.52. The molecular weight excluding hydrogens is 122 g/mol. The molecule has 1 heterocycles. The number of H-pyrrole nitrogens is 1. The number of hydrogen-bond acceptors (Lipinski definition) is 3. The third-order valence-electron chi connectivity index (χ3n) is 0.695. The van der Waals surface area contributed by atoms with E-state index >= 15 is 0 Å². The van der Waals surface area contributed by atoms with E-state index in [0.29, 0.717) is 0 Å². The fourth-order valence-electron chi connectivity index (χ4n) is 0.344. The molecule has 1 rings (SSSR count). The Morgan fingerprint density at radius 1 is 1.78 bits per heavy atom. The predicted molar refractivity (Wildman–Crippen MR) is 32.0 cm³/mol. The lowest BCUT2D eigenvalue weighted by molar-refractivity contribution is -0.384. The van der Waals surface area contributed by atoms with E-state index in [1.807, 2.05) is 0 Å². The van der Waals surface area contributed by atoms with Crippen molar-refractivity contribution in [2.75, 3.05) is 0 Å². The van der Waals surface area contributed by atoms with E-state index in [1.165, 1.54) is 6.20 Å². The average molecular weight is 129 g/mol. The van der Waals surface area contributed by atoms with Crippen LogP contribution in [-0.2, 0) is 0 Å². The molecule has 0 aromatic carbocycles. The minimum absolute atomic E-state index is 0. The Labute approximate surface area is 51.9 Å². The van der Waals surface area contributed by atoms with Gasteiger partial charge >= 0.3 is 5.69 Å². The van der Waals surface area contributed by atoms with Crippen molar-refractivity contribution < 1.29 is 4.92 Å². The number of rotatable bonds is 1. The highest BCUT2D eigenvalue weighted by Crippen LogP contribution is 2.02. The summed E-state index contributed by atoms with van der Waals surface area (Å²) in [4.78, 5) is 9.30. The summed E-state index contributed by atoms with van der Waals surface area (Å²) in [6.07, 6.45) is 2.38. The largest absolute Gasteiger partial charge is 0.306 e. The first-order valence-corrected chi connectivity index (χ1v) is 1.94. The Morgan fingerprint density at radius 2 is 2.44 bits per heavy atom. The molecule has 1 aromatic rings. The fraction of sp³-hybridized carbons (Fsp3) is 0.250. The molecule has 9 heavy (non-hydrogen) atoms. The van der Waals surface area contributed by atoms with Crippen molar-refractivity contribution in [3.05, 3.63) is 22.5 Å². The Hall–Kier alpha value is -1.39. The first-order chi connectivity index (χ1) is 3.80. The molecule has 0 aliphatic carbocycles. The van der Waals surface area contributed by atoms with Gasteiger partial charge in [0.15, 0.2) is 0 Å². The van der Waals surface area contributed by atoms with Gasteiger partial charge in [-0.3, -0.25) is 15.2 Å². The molecule has 0 fully saturated rings. The summed E-state index contributed by atoms with van der Waals surface area (Å²) < 4.78 is 0. The first kappa shape index (κ1) is 7.61. The summed E-state index contributed by atoms with van der Waals surface area (Å²) in [7, 11) is 0. The quantitative estimate of drug-likeness (QED) is 0.453. The van der Waals surface area contributed by atoms with Crippen LogP contribution in [0.5, 0.6) is 0 Å². The minimum atomic E-state index is -0.510. The minimum Gasteiger partial charge on any atom is -0.279 e. The molecule has 5 heteroatoms. The van der Waals surface area contributed by atoms with E-state index in [1.54, 1.807) is 0 Å². The second kappa shape index (κ2) is 2.81. The zero-order chi connectivity index (χ0) is 5.98. The van der Waals surface area contributed by atoms with E-state index < -0.39 is 4.92 Å². The summed E-state index contributed by atoms with van der Waals surface area (Å²) in [6, 6.07) is 0. The van der Waals surface area contributed by atoms with Gasteiger partial charge in [0.25, 0.3) is 0 Å². The Kier molecular flexibility index (Phi) is 2.37. The van der Waals surface area contributed by atoms with Gasteiger partial charge in [0, 0.05) is 0 Å². The number of nitro groups is 1. The van der Waals surface area contributed by atoms with Gasteiger partial charge in [-0.05, 0) is 0 Å². The van der Waals surface area contributed by atoms with Crippen molar-refractivity contribution in [1.29, 1.82) is 0 Å². The molecule has 0 spiro atoms. The van der Waals surface area contributed by atoms with E-state index in [2.05, 4.69) is 10.2 Å². The van der Waals surface area contributed by atoms with Crippen molar-refractivity contribution in [2.24, 2.45) is 0 Å². The molecule has 50 valence electrons. The molecule has 1 aromatic heterocycles. The molecule has 0 atom stereocenters. The van der Waals surface area contributed by atoms with Crippen LogP contribution in [0.1, 0.15) is 7.43 Å². The van der Waals surface area contributed by atoms with Crippen LogP contribution < -0.4 is 0 Å². The van der Waals surface area contributed by atoms with Crippen molar-refractivity contribution >= 4 is 5.69 Å². The SMILES string of the molecule is C.O=[N+]([O-])c1cn[nH]c1. The molecule has 0 radical (unpaired) electrons. The average Bonchev–Trinajstić information content (AvgIpc) is 2.12. The maximum Gasteiger partial charge on any atom is 0.306 e. The molecule has 0 saturated carbocycles. The summed E-state index contributed by atoms with van der Waals surface area (Å²) >= 11 is 0. The van der Waals surface area contributed by atoms with Gasteiger partial charge in [-0.2, -0.15) is 5.10 Å². The highest BCUT2D eigenvalue weighted by molar-refractivity contribution is 5.19. The maximum absolute atomic E-state index is 9.81. The van der Waals surface area contributed by atoms with Gasteiger partial charge in [-0.15, -0.1) is 0 Å². The molecule has 0 aliphatic heterocycles. The number of nitrogens with one attached hydrogen (secondary N) is 1. The van der Waals surface area contributed by atoms with Gasteiger partial charge < -0.3 is 0 Å². The summed E-state index contributed by atoms with van der Waals surface area (Å²) in [6.45, 7) is 0. The third-order valence-corrected chi connectivity index (χ3v) is 0.695. The van der Waals surface area contributed by atoms with Gasteiger partial charge in [0.1, 0.15) is 6.20 Å². The molecule has 0 unspecified atom stereocenters. The van der Waals surface area contributed by atoms with Crippen LogP contribution in [0.25, 0.3) is 0 Å². The Balaban J connectivity index is 0.000000640. The molecule has 0 bridgehead atoms. The number of nitrogens with zero attached hydrogens (tertiary/aromatic N) is 2. The van der Waals surface area contributed by atoms with Crippen LogP contribution in [0.4, 0.5) is 5.69 Å². The molecule has 0 amide bonds. The predicted octanol–water partition coefficient (Wildman–Crippen LogP) is 0.954. The normalized spacial score (nSPS) is 8.00. The smallest absolute Gasteiger partial charge is 0.279 e. The number of aromatic amines is 1. The van der Waals surface area contributed by atoms with Crippen molar-refractivity contribution in [3.8, 4) is 0 Å². The summed E-state index contributed by atoms with van der Waals surface area (Å²) in [5, 5.41) is 15.5. The van der Waals surface area contributed by atoms with Gasteiger partial charge in [-0.25, -0.2) is 0 Å². The van der Waals surface area contributed by atoms with E-state index in [0.717, 1.165) is 6.20 Å². The first-order valence-electron chi connectivity index (χ1n) is 1.94. The van der Waals surface area contributed by atoms with Crippen LogP contribution in [0.15, 0.2) is 12.4 Å². The van der Waals surface area contributed by atoms with Crippen molar-refractivity contribution in [2.45, 2.75) is 7.43 Å². The van der Waals surface area contributed by atoms with Crippen LogP contribution in [0, 0.1) is 10.1 Å². The van der Waals surface area contributed by atoms with E-state index in [4.69, 9.17) is 0 Å². The zero-order valence-electron chi connectivity index (χ0n) is 3.87. The Morgan fingerprint density at radius 3 is 2.67 bits per heavy atom. The number of hydrogen-bond donors (Lipinski definition) is 1. The van der Waals surface area contributed by atoms with E-state index in [9.17, 15) is 10.1 Å². The monoisotopic (exact) mass is 129 g/mol. The van der Waals surface area contributed by atoms with E-state index in [-0.39, 0.29) is 13.1 Å². The van der Waals surface area contributed by atoms with Gasteiger partial charge in [0.05, 0.1) is 11.1 Å². The Bertz CT molecular complexity index is 182. The molecule has 0 saturated heterocycles. The van der Waals surface area contributed by atoms with Gasteiger partial charge in [0.2, 0.25) is 0 Å². The van der Waals surface area contributed by atoms with Crippen molar-refractivity contribution in [3.63, 3.8) is 0 Å². The highest BCUT2D eigenvalue weighted by atomic mass is 16.6. The highest BCUT2D eigenvalue weighted by Gasteiger charge is 2.02. The molecule has 5 nitrogen and oxygen atoms in total. The zero-order valence-corrected chi connectivity index (χ0v) is 3.87. The van der Waals surface area contributed by atoms with Crippen LogP contribution in [0.2, 0.25) is 0 Å². The van der Waals surface area contributed by atoms with Crippen LogP contribution in [0.3, 0.4) is 0 Å². The molecular formula is C4H7N3O2. The lowest BCUT2D eigenvalue weighted by Gasteiger charge is -1.75. The van der Waals surface area contributed by atoms with Crippen molar-refractivity contribution in [1.82, 2.24) is 10.2 Å². The van der Waals surface area contributed by atoms with Gasteiger partial charge in [-0.1, -0.05) is 7.43 Å². The standard InChI is InChI=1S/C3H3N3O2.CH4/c7-6(8)3-1-4-5-2-3;/h1-2H,(H,4,5);1H4. The summed E-state index contributed by atoms with van der Waals surface area (Å²) in [5.41, 5.74) is -0.00926. The second-order valence-corrected chi connectivity index (χ2v) is 1.21. The lowest BCUT2D eigenvalue weighted by Crippen LogP contribution is -1.82. The topological polar surface area (TPSA) is 71.8 Å². The lowest BCUT2D eigenvalue weighted by atomic mass is 10.6. The molecule has 0 aliphatic rings. The van der Waals surface area contributed by atoms with Crippen LogP contribution >= 0.6 is 0 Å². The molecule has 1 N–H and O–H groups in total. The number of aromatic nitrogens is 2. The summed E-state index contributed by atoms with van der Waals surface area (Å²) in [5.74, 6) is 0. The van der Waals surface area contributed by atoms with Crippen LogP contribution in [-0.4, -0.2) is 15.1 Å². The fourth-order valence-corrected chi connectivity index (χ4v) is 0.344. The maximum atomic E-state index is 9.81.